The molecule has 176 valence electrons. The second-order valence-corrected chi connectivity index (χ2v) is 8.74. The van der Waals surface area contributed by atoms with Crippen LogP contribution in [0.4, 0.5) is 0 Å². The molecule has 1 saturated carbocycles. The number of hydrogen-bond acceptors (Lipinski definition) is 4. The Kier molecular flexibility index (Phi) is 7.21. The van der Waals surface area contributed by atoms with Gasteiger partial charge in [-0.1, -0.05) is 67.8 Å². The number of carboxylic acids is 1. The topological polar surface area (TPSA) is 94.2 Å². The van der Waals surface area contributed by atoms with Crippen LogP contribution < -0.4 is 5.69 Å². The number of benzene rings is 2. The average Bonchev–Trinajstić information content (AvgIpc) is 3.18. The van der Waals surface area contributed by atoms with E-state index in [0.29, 0.717) is 24.2 Å². The van der Waals surface area contributed by atoms with E-state index in [4.69, 9.17) is 0 Å². The lowest BCUT2D eigenvalue weighted by Crippen LogP contribution is -2.35. The third-order valence-corrected chi connectivity index (χ3v) is 6.44. The van der Waals surface area contributed by atoms with Gasteiger partial charge in [0.2, 0.25) is 0 Å². The molecule has 3 aromatic rings. The van der Waals surface area contributed by atoms with Crippen molar-refractivity contribution in [2.45, 2.75) is 51.5 Å². The number of aromatic nitrogens is 3. The van der Waals surface area contributed by atoms with Crippen molar-refractivity contribution in [3.63, 3.8) is 0 Å². The Bertz CT molecular complexity index is 1250. The summed E-state index contributed by atoms with van der Waals surface area (Å²) in [5, 5.41) is 13.9. The molecule has 0 amide bonds. The first-order valence-electron chi connectivity index (χ1n) is 11.7. The summed E-state index contributed by atoms with van der Waals surface area (Å²) in [5.41, 5.74) is 2.11. The summed E-state index contributed by atoms with van der Waals surface area (Å²) in [4.78, 5) is 37.8. The summed E-state index contributed by atoms with van der Waals surface area (Å²) < 4.78 is 2.62. The molecule has 0 bridgehead atoms. The number of hydrogen-bond donors (Lipinski definition) is 1. The molecule has 0 atom stereocenters. The summed E-state index contributed by atoms with van der Waals surface area (Å²) >= 11 is 0. The van der Waals surface area contributed by atoms with Crippen LogP contribution in [0.3, 0.4) is 0 Å². The molecule has 0 spiro atoms. The molecule has 0 unspecified atom stereocenters. The lowest BCUT2D eigenvalue weighted by atomic mass is 9.89. The second-order valence-electron chi connectivity index (χ2n) is 8.74. The molecular weight excluding hydrogens is 430 g/mol. The number of allylic oxidation sites excluding steroid dienone is 1. The maximum absolute atomic E-state index is 13.2. The molecule has 1 aromatic heterocycles. The summed E-state index contributed by atoms with van der Waals surface area (Å²) in [5.74, 6) is -0.762. The van der Waals surface area contributed by atoms with E-state index in [-0.39, 0.29) is 23.9 Å². The summed E-state index contributed by atoms with van der Waals surface area (Å²) in [6.45, 7) is 4.04. The van der Waals surface area contributed by atoms with Crippen molar-refractivity contribution in [2.75, 3.05) is 0 Å². The van der Waals surface area contributed by atoms with Crippen LogP contribution in [0.25, 0.3) is 11.1 Å². The van der Waals surface area contributed by atoms with Gasteiger partial charge in [0.25, 0.3) is 5.91 Å². The molecule has 1 aliphatic rings. The molecule has 1 heterocycles. The number of rotatable bonds is 8. The van der Waals surface area contributed by atoms with E-state index in [9.17, 15) is 19.5 Å². The molecule has 0 radical (unpaired) electrons. The van der Waals surface area contributed by atoms with E-state index in [1.165, 1.54) is 0 Å². The second kappa shape index (κ2) is 10.5. The molecule has 7 heteroatoms. The van der Waals surface area contributed by atoms with E-state index < -0.39 is 11.7 Å². The number of aromatic carboxylic acids is 1. The molecule has 1 aliphatic carbocycles. The Morgan fingerprint density at radius 2 is 1.76 bits per heavy atom. The SMILES string of the molecule is C=CCCc1nn(C(=O)C2CCCCC2)c(=O)n1Cc1ccc(-c2ccccc2C(=O)O)cc1. The van der Waals surface area contributed by atoms with Gasteiger partial charge in [0.1, 0.15) is 5.82 Å². The van der Waals surface area contributed by atoms with Crippen molar-refractivity contribution >= 4 is 11.9 Å². The highest BCUT2D eigenvalue weighted by Gasteiger charge is 2.27. The number of carbonyl (C=O) groups is 2. The molecular formula is C27H29N3O4. The molecule has 0 aliphatic heterocycles. The van der Waals surface area contributed by atoms with Crippen molar-refractivity contribution in [1.29, 1.82) is 0 Å². The standard InChI is InChI=1S/C27H29N3O4/c1-2-3-13-24-28-30(25(31)21-9-5-4-6-10-21)27(34)29(24)18-19-14-16-20(17-15-19)22-11-7-8-12-23(22)26(32)33/h2,7-8,11-12,14-17,21H,1,3-6,9-10,13,18H2,(H,32,33). The van der Waals surface area contributed by atoms with Crippen LogP contribution in [0.15, 0.2) is 66.0 Å². The van der Waals surface area contributed by atoms with Crippen LogP contribution in [0.5, 0.6) is 0 Å². The zero-order valence-electron chi connectivity index (χ0n) is 19.2. The minimum Gasteiger partial charge on any atom is -0.478 e. The van der Waals surface area contributed by atoms with Gasteiger partial charge < -0.3 is 5.11 Å². The average molecular weight is 460 g/mol. The lowest BCUT2D eigenvalue weighted by Gasteiger charge is -2.19. The van der Waals surface area contributed by atoms with E-state index in [0.717, 1.165) is 47.9 Å². The highest BCUT2D eigenvalue weighted by Crippen LogP contribution is 2.26. The van der Waals surface area contributed by atoms with Gasteiger partial charge in [-0.05, 0) is 42.0 Å². The van der Waals surface area contributed by atoms with Gasteiger partial charge in [0.15, 0.2) is 0 Å². The molecule has 2 aromatic carbocycles. The van der Waals surface area contributed by atoms with E-state index in [1.807, 2.05) is 24.3 Å². The highest BCUT2D eigenvalue weighted by atomic mass is 16.4. The number of nitrogens with zero attached hydrogens (tertiary/aromatic N) is 3. The van der Waals surface area contributed by atoms with Gasteiger partial charge in [-0.25, -0.2) is 9.59 Å². The Hall–Kier alpha value is -3.74. The van der Waals surface area contributed by atoms with Crippen LogP contribution >= 0.6 is 0 Å². The van der Waals surface area contributed by atoms with E-state index in [2.05, 4.69) is 11.7 Å². The minimum absolute atomic E-state index is 0.143. The predicted molar refractivity (Wildman–Crippen MR) is 130 cm³/mol. The largest absolute Gasteiger partial charge is 0.478 e. The minimum atomic E-state index is -0.979. The number of carbonyl (C=O) groups excluding carboxylic acids is 1. The first kappa shape index (κ1) is 23.4. The fourth-order valence-corrected chi connectivity index (χ4v) is 4.57. The van der Waals surface area contributed by atoms with Crippen LogP contribution in [0.2, 0.25) is 0 Å². The van der Waals surface area contributed by atoms with Gasteiger partial charge in [-0.2, -0.15) is 0 Å². The smallest absolute Gasteiger partial charge is 0.353 e. The maximum Gasteiger partial charge on any atom is 0.353 e. The third kappa shape index (κ3) is 4.93. The lowest BCUT2D eigenvalue weighted by molar-refractivity contribution is 0.0696. The first-order chi connectivity index (χ1) is 16.5. The van der Waals surface area contributed by atoms with Gasteiger partial charge in [0.05, 0.1) is 12.1 Å². The monoisotopic (exact) mass is 459 g/mol. The van der Waals surface area contributed by atoms with E-state index >= 15 is 0 Å². The summed E-state index contributed by atoms with van der Waals surface area (Å²) in [7, 11) is 0. The van der Waals surface area contributed by atoms with Crippen molar-refractivity contribution < 1.29 is 14.7 Å². The zero-order chi connectivity index (χ0) is 24.1. The van der Waals surface area contributed by atoms with Gasteiger partial charge in [-0.3, -0.25) is 9.36 Å². The van der Waals surface area contributed by atoms with Gasteiger partial charge in [0, 0.05) is 12.3 Å². The van der Waals surface area contributed by atoms with Crippen molar-refractivity contribution in [1.82, 2.24) is 14.3 Å². The number of carboxylic acid groups (broad SMARTS) is 1. The fraction of sp³-hybridized carbons (Fsp3) is 0.333. The highest BCUT2D eigenvalue weighted by molar-refractivity contribution is 5.96. The van der Waals surface area contributed by atoms with Crippen molar-refractivity contribution in [3.05, 3.63) is 88.6 Å². The van der Waals surface area contributed by atoms with Crippen LogP contribution in [-0.2, 0) is 13.0 Å². The van der Waals surface area contributed by atoms with Gasteiger partial charge >= 0.3 is 11.7 Å². The summed E-state index contributed by atoms with van der Waals surface area (Å²) in [6, 6.07) is 14.3. The molecule has 0 saturated heterocycles. The van der Waals surface area contributed by atoms with Crippen LogP contribution in [0.1, 0.15) is 65.1 Å². The number of aryl methyl sites for hydroxylation is 1. The molecule has 34 heavy (non-hydrogen) atoms. The Balaban J connectivity index is 1.62. The van der Waals surface area contributed by atoms with Gasteiger partial charge in [-0.15, -0.1) is 16.4 Å². The zero-order valence-corrected chi connectivity index (χ0v) is 19.2. The molecule has 7 nitrogen and oxygen atoms in total. The van der Waals surface area contributed by atoms with Crippen molar-refractivity contribution in [3.8, 4) is 11.1 Å². The predicted octanol–water partition coefficient (Wildman–Crippen LogP) is 4.80. The van der Waals surface area contributed by atoms with E-state index in [1.54, 1.807) is 34.9 Å². The first-order valence-corrected chi connectivity index (χ1v) is 11.7. The molecule has 4 rings (SSSR count). The Labute approximate surface area is 198 Å². The normalized spacial score (nSPS) is 14.1. The van der Waals surface area contributed by atoms with Crippen molar-refractivity contribution in [2.24, 2.45) is 5.92 Å². The van der Waals surface area contributed by atoms with Crippen LogP contribution in [0, 0.1) is 5.92 Å². The quantitative estimate of drug-likeness (QED) is 0.489. The van der Waals surface area contributed by atoms with Crippen LogP contribution in [-0.4, -0.2) is 31.3 Å². The molecule has 1 fully saturated rings. The third-order valence-electron chi connectivity index (χ3n) is 6.44. The maximum atomic E-state index is 13.2. The Morgan fingerprint density at radius 3 is 2.44 bits per heavy atom. The molecule has 1 N–H and O–H groups in total. The fourth-order valence-electron chi connectivity index (χ4n) is 4.57. The Morgan fingerprint density at radius 1 is 1.06 bits per heavy atom. The summed E-state index contributed by atoms with van der Waals surface area (Å²) in [6.07, 6.45) is 7.70.